The van der Waals surface area contributed by atoms with Gasteiger partial charge in [-0.1, -0.05) is 0 Å². The Morgan fingerprint density at radius 2 is 1.79 bits per heavy atom. The van der Waals surface area contributed by atoms with Gasteiger partial charge < -0.3 is 10.1 Å². The summed E-state index contributed by atoms with van der Waals surface area (Å²) < 4.78 is 41.0. The van der Waals surface area contributed by atoms with Crippen LogP contribution in [0.5, 0.6) is 0 Å². The third-order valence-corrected chi connectivity index (χ3v) is 4.70. The lowest BCUT2D eigenvalue weighted by molar-refractivity contribution is -0.387. The van der Waals surface area contributed by atoms with E-state index in [1.165, 1.54) is 19.1 Å². The van der Waals surface area contributed by atoms with Gasteiger partial charge in [0.25, 0.3) is 11.6 Å². The van der Waals surface area contributed by atoms with E-state index in [-0.39, 0.29) is 11.3 Å². The van der Waals surface area contributed by atoms with Crippen LogP contribution in [0.1, 0.15) is 17.3 Å². The van der Waals surface area contributed by atoms with Crippen LogP contribution in [0.4, 0.5) is 15.8 Å². The number of anilines is 1. The van der Waals surface area contributed by atoms with Gasteiger partial charge >= 0.3 is 5.97 Å². The van der Waals surface area contributed by atoms with Crippen LogP contribution in [0, 0.1) is 15.9 Å². The number of nitrogens with zero attached hydrogens (tertiary/aromatic N) is 1. The molecule has 1 amide bonds. The number of ether oxygens (including phenoxy) is 1. The summed E-state index contributed by atoms with van der Waals surface area (Å²) in [7, 11) is -3.88. The van der Waals surface area contributed by atoms with Crippen LogP contribution in [0.3, 0.4) is 0 Å². The van der Waals surface area contributed by atoms with E-state index in [2.05, 4.69) is 5.32 Å². The van der Waals surface area contributed by atoms with Gasteiger partial charge in [-0.2, -0.15) is 0 Å². The van der Waals surface area contributed by atoms with E-state index in [1.54, 1.807) is 0 Å². The first kappa shape index (κ1) is 21.0. The molecule has 1 N–H and O–H groups in total. The van der Waals surface area contributed by atoms with Crippen molar-refractivity contribution in [3.05, 3.63) is 64.0 Å². The number of hydrogen-bond donors (Lipinski definition) is 1. The molecule has 1 atom stereocenters. The second-order valence-corrected chi connectivity index (χ2v) is 7.74. The molecule has 148 valence electrons. The third-order valence-electron chi connectivity index (χ3n) is 3.56. The van der Waals surface area contributed by atoms with Crippen LogP contribution < -0.4 is 5.32 Å². The summed E-state index contributed by atoms with van der Waals surface area (Å²) in [5.41, 5.74) is -0.789. The van der Waals surface area contributed by atoms with E-state index in [1.807, 2.05) is 0 Å². The summed E-state index contributed by atoms with van der Waals surface area (Å²) in [6.45, 7) is 1.27. The van der Waals surface area contributed by atoms with Crippen LogP contribution in [0.25, 0.3) is 0 Å². The monoisotopic (exact) mass is 410 g/mol. The van der Waals surface area contributed by atoms with E-state index in [4.69, 9.17) is 4.74 Å². The van der Waals surface area contributed by atoms with Crippen molar-refractivity contribution >= 4 is 33.1 Å². The molecule has 0 heterocycles. The van der Waals surface area contributed by atoms with Gasteiger partial charge in [-0.25, -0.2) is 17.6 Å². The highest BCUT2D eigenvalue weighted by Crippen LogP contribution is 2.25. The summed E-state index contributed by atoms with van der Waals surface area (Å²) in [5.74, 6) is -2.25. The van der Waals surface area contributed by atoms with Crippen molar-refractivity contribution in [1.82, 2.24) is 0 Å². The molecule has 11 heteroatoms. The molecule has 0 saturated heterocycles. The van der Waals surface area contributed by atoms with Crippen molar-refractivity contribution in [1.29, 1.82) is 0 Å². The summed E-state index contributed by atoms with van der Waals surface area (Å²) in [5, 5.41) is 13.5. The lowest BCUT2D eigenvalue weighted by atomic mass is 10.2. The Bertz CT molecular complexity index is 1040. The third kappa shape index (κ3) is 5.10. The molecule has 0 saturated carbocycles. The van der Waals surface area contributed by atoms with Crippen molar-refractivity contribution in [2.24, 2.45) is 0 Å². The zero-order chi connectivity index (χ0) is 21.1. The lowest BCUT2D eigenvalue weighted by Gasteiger charge is -2.13. The van der Waals surface area contributed by atoms with E-state index < -0.39 is 49.1 Å². The minimum absolute atomic E-state index is 0.280. The average molecular weight is 410 g/mol. The normalized spacial score (nSPS) is 12.1. The molecule has 0 aliphatic rings. The molecule has 0 aliphatic carbocycles. The van der Waals surface area contributed by atoms with Gasteiger partial charge in [-0.3, -0.25) is 14.9 Å². The maximum absolute atomic E-state index is 12.9. The number of nitro benzene ring substituents is 1. The Morgan fingerprint density at radius 3 is 2.32 bits per heavy atom. The number of carbonyl (C=O) groups is 2. The highest BCUT2D eigenvalue weighted by atomic mass is 32.2. The van der Waals surface area contributed by atoms with Gasteiger partial charge in [-0.05, 0) is 43.3 Å². The van der Waals surface area contributed by atoms with Crippen molar-refractivity contribution in [2.45, 2.75) is 17.9 Å². The smallest absolute Gasteiger partial charge is 0.339 e. The number of nitro groups is 1. The molecule has 2 rings (SSSR count). The van der Waals surface area contributed by atoms with E-state index in [9.17, 15) is 32.5 Å². The number of rotatable bonds is 6. The van der Waals surface area contributed by atoms with Crippen LogP contribution >= 0.6 is 0 Å². The molecule has 0 fully saturated rings. The van der Waals surface area contributed by atoms with Gasteiger partial charge in [0.2, 0.25) is 0 Å². The second-order valence-electron chi connectivity index (χ2n) is 5.76. The zero-order valence-corrected chi connectivity index (χ0v) is 15.5. The van der Waals surface area contributed by atoms with Crippen molar-refractivity contribution < 1.29 is 32.1 Å². The molecule has 28 heavy (non-hydrogen) atoms. The second kappa shape index (κ2) is 8.13. The number of benzene rings is 2. The Kier molecular flexibility index (Phi) is 6.09. The predicted molar refractivity (Wildman–Crippen MR) is 96.1 cm³/mol. The predicted octanol–water partition coefficient (Wildman–Crippen LogP) is 2.32. The Morgan fingerprint density at radius 1 is 1.18 bits per heavy atom. The Labute approximate surface area is 159 Å². The Balaban J connectivity index is 2.15. The molecule has 0 bridgehead atoms. The van der Waals surface area contributed by atoms with Crippen molar-refractivity contribution in [3.63, 3.8) is 0 Å². The highest BCUT2D eigenvalue weighted by molar-refractivity contribution is 7.90. The molecule has 9 nitrogen and oxygen atoms in total. The molecule has 0 aliphatic heterocycles. The quantitative estimate of drug-likeness (QED) is 0.439. The molecule has 0 aromatic heterocycles. The SMILES string of the molecule is C[C@H](OC(=O)c1ccc(S(C)(=O)=O)c([N+](=O)[O-])c1)C(=O)Nc1ccc(F)cc1. The maximum atomic E-state index is 12.9. The first-order valence-electron chi connectivity index (χ1n) is 7.75. The summed E-state index contributed by atoms with van der Waals surface area (Å²) >= 11 is 0. The molecule has 2 aromatic carbocycles. The van der Waals surface area contributed by atoms with E-state index in [0.29, 0.717) is 0 Å². The minimum Gasteiger partial charge on any atom is -0.449 e. The number of hydrogen-bond acceptors (Lipinski definition) is 7. The number of sulfone groups is 1. The number of amides is 1. The first-order chi connectivity index (χ1) is 13.0. The maximum Gasteiger partial charge on any atom is 0.339 e. The molecule has 2 aromatic rings. The largest absolute Gasteiger partial charge is 0.449 e. The van der Waals surface area contributed by atoms with Crippen molar-refractivity contribution in [2.75, 3.05) is 11.6 Å². The number of esters is 1. The fourth-order valence-electron chi connectivity index (χ4n) is 2.16. The van der Waals surface area contributed by atoms with E-state index >= 15 is 0 Å². The Hall–Kier alpha value is -3.34. The molecular weight excluding hydrogens is 395 g/mol. The van der Waals surface area contributed by atoms with Crippen LogP contribution in [0.2, 0.25) is 0 Å². The molecular formula is C17H15FN2O7S. The van der Waals surface area contributed by atoms with E-state index in [0.717, 1.165) is 36.6 Å². The number of halogens is 1. The average Bonchev–Trinajstić information content (AvgIpc) is 2.62. The highest BCUT2D eigenvalue weighted by Gasteiger charge is 2.26. The fourth-order valence-corrected chi connectivity index (χ4v) is 2.99. The fraction of sp³-hybridized carbons (Fsp3) is 0.176. The van der Waals surface area contributed by atoms with Gasteiger partial charge in [0.1, 0.15) is 10.7 Å². The van der Waals surface area contributed by atoms with Crippen LogP contribution in [-0.2, 0) is 19.4 Å². The minimum atomic E-state index is -3.88. The molecule has 0 unspecified atom stereocenters. The van der Waals surface area contributed by atoms with Gasteiger partial charge in [0.05, 0.1) is 10.5 Å². The molecule has 0 spiro atoms. The summed E-state index contributed by atoms with van der Waals surface area (Å²) in [4.78, 5) is 33.8. The summed E-state index contributed by atoms with van der Waals surface area (Å²) in [6.07, 6.45) is -0.471. The van der Waals surface area contributed by atoms with Crippen LogP contribution in [0.15, 0.2) is 47.4 Å². The number of carbonyl (C=O) groups excluding carboxylic acids is 2. The topological polar surface area (TPSA) is 133 Å². The summed E-state index contributed by atoms with van der Waals surface area (Å²) in [6, 6.07) is 7.64. The van der Waals surface area contributed by atoms with Crippen LogP contribution in [-0.4, -0.2) is 37.6 Å². The first-order valence-corrected chi connectivity index (χ1v) is 9.64. The number of nitrogens with one attached hydrogen (secondary N) is 1. The lowest BCUT2D eigenvalue weighted by Crippen LogP contribution is -2.30. The standard InChI is InChI=1S/C17H15FN2O7S/c1-10(16(21)19-13-6-4-12(18)5-7-13)27-17(22)11-3-8-15(28(2,25)26)14(9-11)20(23)24/h3-10H,1-2H3,(H,19,21)/t10-/m0/s1. The zero-order valence-electron chi connectivity index (χ0n) is 14.7. The van der Waals surface area contributed by atoms with Gasteiger partial charge in [0.15, 0.2) is 15.9 Å². The van der Waals surface area contributed by atoms with Gasteiger partial charge in [-0.15, -0.1) is 0 Å². The van der Waals surface area contributed by atoms with Crippen molar-refractivity contribution in [3.8, 4) is 0 Å². The van der Waals surface area contributed by atoms with Gasteiger partial charge in [0, 0.05) is 18.0 Å². The molecule has 0 radical (unpaired) electrons.